The maximum atomic E-state index is 13.4. The van der Waals surface area contributed by atoms with Crippen LogP contribution in [-0.4, -0.2) is 55.1 Å². The van der Waals surface area contributed by atoms with Gasteiger partial charge < -0.3 is 9.64 Å². The summed E-state index contributed by atoms with van der Waals surface area (Å²) in [5, 5.41) is 0. The summed E-state index contributed by atoms with van der Waals surface area (Å²) in [4.78, 5) is 14.7. The van der Waals surface area contributed by atoms with Crippen LogP contribution in [0.3, 0.4) is 0 Å². The van der Waals surface area contributed by atoms with Gasteiger partial charge in [-0.15, -0.1) is 0 Å². The summed E-state index contributed by atoms with van der Waals surface area (Å²) in [6, 6.07) is 11.2. The van der Waals surface area contributed by atoms with Crippen LogP contribution in [0, 0.1) is 6.92 Å². The fourth-order valence-corrected chi connectivity index (χ4v) is 5.68. The highest BCUT2D eigenvalue weighted by Crippen LogP contribution is 2.27. The number of aryl methyl sites for hydroxylation is 3. The van der Waals surface area contributed by atoms with Crippen LogP contribution in [0.5, 0.6) is 5.75 Å². The van der Waals surface area contributed by atoms with E-state index in [4.69, 9.17) is 4.74 Å². The normalized spacial score (nSPS) is 15.7. The van der Waals surface area contributed by atoms with Crippen molar-refractivity contribution in [1.29, 1.82) is 0 Å². The third-order valence-electron chi connectivity index (χ3n) is 5.86. The second-order valence-electron chi connectivity index (χ2n) is 7.60. The molecule has 160 valence electrons. The van der Waals surface area contributed by atoms with Crippen LogP contribution in [0.2, 0.25) is 0 Å². The molecule has 2 heterocycles. The van der Waals surface area contributed by atoms with Crippen LogP contribution in [0.4, 0.5) is 5.69 Å². The zero-order chi connectivity index (χ0) is 21.6. The van der Waals surface area contributed by atoms with Gasteiger partial charge in [-0.25, -0.2) is 13.2 Å². The Morgan fingerprint density at radius 3 is 2.03 bits per heavy atom. The lowest BCUT2D eigenvalue weighted by Crippen LogP contribution is -2.48. The summed E-state index contributed by atoms with van der Waals surface area (Å²) in [6.45, 7) is 3.80. The van der Waals surface area contributed by atoms with E-state index in [0.717, 1.165) is 17.0 Å². The van der Waals surface area contributed by atoms with Gasteiger partial charge in [0.2, 0.25) is 10.0 Å². The van der Waals surface area contributed by atoms with Crippen molar-refractivity contribution in [2.75, 3.05) is 38.2 Å². The van der Waals surface area contributed by atoms with Gasteiger partial charge in [0.05, 0.1) is 23.0 Å². The number of sulfonamides is 1. The van der Waals surface area contributed by atoms with Crippen molar-refractivity contribution in [1.82, 2.24) is 13.4 Å². The smallest absolute Gasteiger partial charge is 0.328 e. The Balaban J connectivity index is 1.59. The van der Waals surface area contributed by atoms with Crippen LogP contribution in [0.15, 0.2) is 46.1 Å². The molecule has 1 aliphatic rings. The SMILES string of the molecule is COc1ccc(N2CCN(S(=O)(=O)c3cc4c(cc3C)n(C)c(=O)n4C)CC2)cc1. The van der Waals surface area contributed by atoms with Gasteiger partial charge in [-0.3, -0.25) is 9.13 Å². The molecule has 0 aliphatic carbocycles. The minimum absolute atomic E-state index is 0.174. The minimum Gasteiger partial charge on any atom is -0.497 e. The average Bonchev–Trinajstić information content (AvgIpc) is 2.96. The molecular formula is C21H26N4O4S. The third-order valence-corrected chi connectivity index (χ3v) is 7.90. The van der Waals surface area contributed by atoms with E-state index in [2.05, 4.69) is 4.90 Å². The Morgan fingerprint density at radius 2 is 1.47 bits per heavy atom. The number of hydrogen-bond donors (Lipinski definition) is 0. The highest BCUT2D eigenvalue weighted by atomic mass is 32.2. The zero-order valence-electron chi connectivity index (χ0n) is 17.6. The van der Waals surface area contributed by atoms with Gasteiger partial charge in [-0.05, 0) is 48.9 Å². The quantitative estimate of drug-likeness (QED) is 0.630. The molecule has 0 saturated carbocycles. The molecule has 0 amide bonds. The Morgan fingerprint density at radius 1 is 0.900 bits per heavy atom. The van der Waals surface area contributed by atoms with Gasteiger partial charge in [-0.2, -0.15) is 4.31 Å². The molecule has 30 heavy (non-hydrogen) atoms. The highest BCUT2D eigenvalue weighted by molar-refractivity contribution is 7.89. The maximum absolute atomic E-state index is 13.4. The van der Waals surface area contributed by atoms with Gasteiger partial charge in [0.1, 0.15) is 5.75 Å². The van der Waals surface area contributed by atoms with Crippen molar-refractivity contribution in [3.63, 3.8) is 0 Å². The van der Waals surface area contributed by atoms with E-state index >= 15 is 0 Å². The number of nitrogens with zero attached hydrogens (tertiary/aromatic N) is 4. The number of benzene rings is 2. The largest absolute Gasteiger partial charge is 0.497 e. The third kappa shape index (κ3) is 3.27. The first-order valence-corrected chi connectivity index (χ1v) is 11.2. The monoisotopic (exact) mass is 430 g/mol. The predicted octanol–water partition coefficient (Wildman–Crippen LogP) is 1.70. The van der Waals surface area contributed by atoms with E-state index in [-0.39, 0.29) is 10.6 Å². The summed E-state index contributed by atoms with van der Waals surface area (Å²) in [5.41, 5.74) is 2.85. The molecule has 0 N–H and O–H groups in total. The summed E-state index contributed by atoms with van der Waals surface area (Å²) >= 11 is 0. The molecule has 0 radical (unpaired) electrons. The van der Waals surface area contributed by atoms with Crippen LogP contribution in [0.25, 0.3) is 11.0 Å². The van der Waals surface area contributed by atoms with Crippen LogP contribution in [-0.2, 0) is 24.1 Å². The topological polar surface area (TPSA) is 76.8 Å². The second-order valence-corrected chi connectivity index (χ2v) is 9.50. The summed E-state index contributed by atoms with van der Waals surface area (Å²) in [6.07, 6.45) is 0. The number of aromatic nitrogens is 2. The average molecular weight is 431 g/mol. The van der Waals surface area contributed by atoms with E-state index < -0.39 is 10.0 Å². The zero-order valence-corrected chi connectivity index (χ0v) is 18.4. The van der Waals surface area contributed by atoms with Crippen molar-refractivity contribution in [2.24, 2.45) is 14.1 Å². The molecule has 1 aliphatic heterocycles. The standard InChI is InChI=1S/C21H26N4O4S/c1-15-13-18-19(23(3)21(26)22(18)2)14-20(15)30(27,28)25-11-9-24(10-12-25)16-5-7-17(29-4)8-6-16/h5-8,13-14H,9-12H2,1-4H3. The van der Waals surface area contributed by atoms with Gasteiger partial charge in [0.15, 0.2) is 0 Å². The molecule has 1 fully saturated rings. The van der Waals surface area contributed by atoms with Crippen molar-refractivity contribution in [3.8, 4) is 5.75 Å². The van der Waals surface area contributed by atoms with Crippen molar-refractivity contribution in [2.45, 2.75) is 11.8 Å². The molecule has 1 saturated heterocycles. The first-order chi connectivity index (χ1) is 14.2. The Kier molecular flexibility index (Phi) is 5.11. The van der Waals surface area contributed by atoms with Crippen molar-refractivity contribution < 1.29 is 13.2 Å². The summed E-state index contributed by atoms with van der Waals surface area (Å²) < 4.78 is 36.5. The minimum atomic E-state index is -3.66. The lowest BCUT2D eigenvalue weighted by Gasteiger charge is -2.35. The lowest BCUT2D eigenvalue weighted by molar-refractivity contribution is 0.384. The number of rotatable bonds is 4. The number of piperazine rings is 1. The first kappa shape index (κ1) is 20.5. The van der Waals surface area contributed by atoms with Crippen LogP contribution < -0.4 is 15.3 Å². The number of fused-ring (bicyclic) bond motifs is 1. The summed E-state index contributed by atoms with van der Waals surface area (Å²) in [7, 11) is 1.32. The maximum Gasteiger partial charge on any atom is 0.328 e. The second kappa shape index (κ2) is 7.48. The van der Waals surface area contributed by atoms with Gasteiger partial charge >= 0.3 is 5.69 Å². The number of ether oxygens (including phenoxy) is 1. The van der Waals surface area contributed by atoms with E-state index in [1.807, 2.05) is 24.3 Å². The number of methoxy groups -OCH3 is 1. The van der Waals surface area contributed by atoms with Crippen molar-refractivity contribution >= 4 is 26.7 Å². The molecule has 0 unspecified atom stereocenters. The highest BCUT2D eigenvalue weighted by Gasteiger charge is 2.30. The molecule has 3 aromatic rings. The molecule has 2 aromatic carbocycles. The number of imidazole rings is 1. The van der Waals surface area contributed by atoms with Gasteiger partial charge in [0.25, 0.3) is 0 Å². The Bertz CT molecular complexity index is 1250. The Hall–Kier alpha value is -2.78. The molecule has 4 rings (SSSR count). The van der Waals surface area contributed by atoms with E-state index in [9.17, 15) is 13.2 Å². The van der Waals surface area contributed by atoms with E-state index in [1.54, 1.807) is 40.3 Å². The Labute approximate surface area is 175 Å². The molecule has 0 spiro atoms. The molecule has 0 bridgehead atoms. The van der Waals surface area contributed by atoms with Crippen LogP contribution in [0.1, 0.15) is 5.56 Å². The summed E-state index contributed by atoms with van der Waals surface area (Å²) in [5.74, 6) is 0.793. The fourth-order valence-electron chi connectivity index (χ4n) is 4.03. The fraction of sp³-hybridized carbons (Fsp3) is 0.381. The lowest BCUT2D eigenvalue weighted by atomic mass is 10.2. The molecule has 9 heteroatoms. The molecular weight excluding hydrogens is 404 g/mol. The molecule has 8 nitrogen and oxygen atoms in total. The van der Waals surface area contributed by atoms with Crippen LogP contribution >= 0.6 is 0 Å². The molecule has 0 atom stereocenters. The molecule has 1 aromatic heterocycles. The van der Waals surface area contributed by atoms with Crippen molar-refractivity contribution in [3.05, 3.63) is 52.4 Å². The number of anilines is 1. The van der Waals surface area contributed by atoms with E-state index in [0.29, 0.717) is 37.3 Å². The predicted molar refractivity (Wildman–Crippen MR) is 117 cm³/mol. The van der Waals surface area contributed by atoms with Gasteiger partial charge in [-0.1, -0.05) is 0 Å². The van der Waals surface area contributed by atoms with Gasteiger partial charge in [0, 0.05) is 46.0 Å². The first-order valence-electron chi connectivity index (χ1n) is 9.79. The van der Waals surface area contributed by atoms with E-state index in [1.165, 1.54) is 13.4 Å². The number of hydrogen-bond acceptors (Lipinski definition) is 5.